The molecule has 0 aliphatic heterocycles. The molecule has 3 nitrogen and oxygen atoms in total. The van der Waals surface area contributed by atoms with Crippen LogP contribution in [0, 0.1) is 12.7 Å². The van der Waals surface area contributed by atoms with Crippen LogP contribution in [-0.4, -0.2) is 9.78 Å². The lowest BCUT2D eigenvalue weighted by molar-refractivity contribution is 0.624. The summed E-state index contributed by atoms with van der Waals surface area (Å²) in [5.74, 6) is 0.125. The van der Waals surface area contributed by atoms with E-state index in [2.05, 4.69) is 21.0 Å². The van der Waals surface area contributed by atoms with Gasteiger partial charge in [0.2, 0.25) is 0 Å². The van der Waals surface area contributed by atoms with Gasteiger partial charge in [0.15, 0.2) is 0 Å². The van der Waals surface area contributed by atoms with Crippen LogP contribution in [0.2, 0.25) is 0 Å². The lowest BCUT2D eigenvalue weighted by atomic mass is 10.1. The number of rotatable bonds is 2. The van der Waals surface area contributed by atoms with Crippen molar-refractivity contribution < 1.29 is 4.39 Å². The topological polar surface area (TPSA) is 37.8 Å². The number of hydrogen-bond acceptors (Lipinski definition) is 1. The maximum atomic E-state index is 13.2. The molecule has 1 aliphatic rings. The Morgan fingerprint density at radius 3 is 2.70 bits per heavy atom. The van der Waals surface area contributed by atoms with Crippen LogP contribution in [0.3, 0.4) is 0 Å². The minimum absolute atomic E-state index is 0.110. The molecule has 1 N–H and O–H groups in total. The number of benzene rings is 1. The highest BCUT2D eigenvalue weighted by Crippen LogP contribution is 2.35. The van der Waals surface area contributed by atoms with E-state index < -0.39 is 0 Å². The Morgan fingerprint density at radius 1 is 1.35 bits per heavy atom. The zero-order chi connectivity index (χ0) is 14.3. The van der Waals surface area contributed by atoms with E-state index in [1.54, 1.807) is 13.0 Å². The molecule has 0 radical (unpaired) electrons. The van der Waals surface area contributed by atoms with Gasteiger partial charge in [-0.3, -0.25) is 9.89 Å². The predicted octanol–water partition coefficient (Wildman–Crippen LogP) is 4.03. The Balaban J connectivity index is 2.10. The monoisotopic (exact) mass is 338 g/mol. The first kappa shape index (κ1) is 13.6. The first-order valence-corrected chi connectivity index (χ1v) is 7.64. The van der Waals surface area contributed by atoms with E-state index in [0.717, 1.165) is 24.1 Å². The van der Waals surface area contributed by atoms with Crippen molar-refractivity contribution in [2.24, 2.45) is 0 Å². The Hall–Kier alpha value is -1.36. The molecular weight excluding hydrogens is 323 g/mol. The zero-order valence-corrected chi connectivity index (χ0v) is 12.8. The summed E-state index contributed by atoms with van der Waals surface area (Å²) in [6.07, 6.45) is 4.64. The van der Waals surface area contributed by atoms with Gasteiger partial charge in [0.05, 0.1) is 11.4 Å². The van der Waals surface area contributed by atoms with Crippen LogP contribution in [0.1, 0.15) is 42.9 Å². The van der Waals surface area contributed by atoms with Crippen molar-refractivity contribution in [1.29, 1.82) is 0 Å². The second-order valence-electron chi connectivity index (χ2n) is 5.39. The lowest BCUT2D eigenvalue weighted by Crippen LogP contribution is -2.15. The molecule has 0 bridgehead atoms. The second-order valence-corrected chi connectivity index (χ2v) is 6.19. The van der Waals surface area contributed by atoms with Crippen molar-refractivity contribution in [2.75, 3.05) is 0 Å². The quantitative estimate of drug-likeness (QED) is 0.881. The van der Waals surface area contributed by atoms with Crippen LogP contribution in [-0.2, 0) is 0 Å². The molecule has 106 valence electrons. The summed E-state index contributed by atoms with van der Waals surface area (Å²) < 4.78 is 15.3. The molecule has 0 spiro atoms. The number of nitrogens with zero attached hydrogens (tertiary/aromatic N) is 1. The molecule has 1 heterocycles. The number of aryl methyl sites for hydroxylation is 1. The van der Waals surface area contributed by atoms with Gasteiger partial charge in [-0.1, -0.05) is 12.8 Å². The summed E-state index contributed by atoms with van der Waals surface area (Å²) in [7, 11) is 0. The SMILES string of the molecule is Cc1cc(F)ccc1-n1[nH]c(C2CCCC2)c(Br)c1=O. The van der Waals surface area contributed by atoms with Gasteiger partial charge >= 0.3 is 0 Å². The minimum Gasteiger partial charge on any atom is -0.294 e. The predicted molar refractivity (Wildman–Crippen MR) is 80.0 cm³/mol. The largest absolute Gasteiger partial charge is 0.294 e. The van der Waals surface area contributed by atoms with E-state index in [1.807, 2.05) is 0 Å². The van der Waals surface area contributed by atoms with Crippen molar-refractivity contribution >= 4 is 15.9 Å². The number of aromatic amines is 1. The zero-order valence-electron chi connectivity index (χ0n) is 11.2. The summed E-state index contributed by atoms with van der Waals surface area (Å²) in [4.78, 5) is 12.4. The third-order valence-corrected chi connectivity index (χ3v) is 4.79. The van der Waals surface area contributed by atoms with Crippen LogP contribution in [0.15, 0.2) is 27.5 Å². The maximum absolute atomic E-state index is 13.2. The van der Waals surface area contributed by atoms with E-state index in [1.165, 1.54) is 29.7 Å². The van der Waals surface area contributed by atoms with E-state index >= 15 is 0 Å². The molecule has 3 rings (SSSR count). The van der Waals surface area contributed by atoms with Crippen LogP contribution in [0.4, 0.5) is 4.39 Å². The van der Waals surface area contributed by atoms with Crippen LogP contribution in [0.25, 0.3) is 5.69 Å². The smallest absolute Gasteiger partial charge is 0.285 e. The highest BCUT2D eigenvalue weighted by molar-refractivity contribution is 9.10. The third kappa shape index (κ3) is 2.24. The molecule has 1 saturated carbocycles. The lowest BCUT2D eigenvalue weighted by Gasteiger charge is -2.08. The molecule has 5 heteroatoms. The second kappa shape index (κ2) is 5.20. The average Bonchev–Trinajstić information content (AvgIpc) is 3.01. The van der Waals surface area contributed by atoms with Gasteiger partial charge < -0.3 is 0 Å². The van der Waals surface area contributed by atoms with Crippen molar-refractivity contribution in [3.8, 4) is 5.69 Å². The molecule has 1 aromatic heterocycles. The Bertz CT molecular complexity index is 698. The normalized spacial score (nSPS) is 15.9. The van der Waals surface area contributed by atoms with Crippen LogP contribution >= 0.6 is 15.9 Å². The molecule has 0 atom stereocenters. The number of nitrogens with one attached hydrogen (secondary N) is 1. The standard InChI is InChI=1S/C15H16BrFN2O/c1-9-8-11(17)6-7-12(9)19-15(20)13(16)14(18-19)10-4-2-3-5-10/h6-8,10,18H,2-5H2,1H3. The first-order valence-electron chi connectivity index (χ1n) is 6.85. The number of H-pyrrole nitrogens is 1. The molecular formula is C15H16BrFN2O. The average molecular weight is 339 g/mol. The number of aromatic nitrogens is 2. The van der Waals surface area contributed by atoms with Crippen LogP contribution in [0.5, 0.6) is 0 Å². The Morgan fingerprint density at radius 2 is 2.05 bits per heavy atom. The summed E-state index contributed by atoms with van der Waals surface area (Å²) >= 11 is 3.41. The van der Waals surface area contributed by atoms with Gasteiger partial charge in [0.25, 0.3) is 5.56 Å². The number of hydrogen-bond donors (Lipinski definition) is 1. The van der Waals surface area contributed by atoms with Gasteiger partial charge in [-0.25, -0.2) is 9.07 Å². The summed E-state index contributed by atoms with van der Waals surface area (Å²) in [6, 6.07) is 4.44. The molecule has 1 fully saturated rings. The van der Waals surface area contributed by atoms with Gasteiger partial charge in [-0.15, -0.1) is 0 Å². The van der Waals surface area contributed by atoms with E-state index in [9.17, 15) is 9.18 Å². The van der Waals surface area contributed by atoms with Crippen LogP contribution < -0.4 is 5.56 Å². The van der Waals surface area contributed by atoms with Crippen molar-refractivity contribution in [2.45, 2.75) is 38.5 Å². The van der Waals surface area contributed by atoms with Gasteiger partial charge in [0, 0.05) is 5.92 Å². The summed E-state index contributed by atoms with van der Waals surface area (Å²) in [5, 5.41) is 3.20. The number of halogens is 2. The molecule has 20 heavy (non-hydrogen) atoms. The Kier molecular flexibility index (Phi) is 3.54. The van der Waals surface area contributed by atoms with Crippen molar-refractivity contribution in [1.82, 2.24) is 9.78 Å². The van der Waals surface area contributed by atoms with Gasteiger partial charge in [-0.05, 0) is 59.5 Å². The van der Waals surface area contributed by atoms with E-state index in [4.69, 9.17) is 0 Å². The fourth-order valence-corrected chi connectivity index (χ4v) is 3.55. The summed E-state index contributed by atoms with van der Waals surface area (Å²) in [5.41, 5.74) is 2.29. The highest BCUT2D eigenvalue weighted by atomic mass is 79.9. The molecule has 1 aliphatic carbocycles. The molecule has 2 aromatic rings. The fraction of sp³-hybridized carbons (Fsp3) is 0.400. The molecule has 0 amide bonds. The van der Waals surface area contributed by atoms with Gasteiger partial charge in [0.1, 0.15) is 10.3 Å². The highest BCUT2D eigenvalue weighted by Gasteiger charge is 2.24. The molecule has 0 saturated heterocycles. The Labute approximate surface area is 124 Å². The summed E-state index contributed by atoms with van der Waals surface area (Å²) in [6.45, 7) is 1.80. The van der Waals surface area contributed by atoms with Crippen molar-refractivity contribution in [3.05, 3.63) is 50.1 Å². The van der Waals surface area contributed by atoms with Crippen molar-refractivity contribution in [3.63, 3.8) is 0 Å². The molecule has 1 aromatic carbocycles. The molecule has 0 unspecified atom stereocenters. The van der Waals surface area contributed by atoms with Gasteiger partial charge in [-0.2, -0.15) is 0 Å². The third-order valence-electron chi connectivity index (χ3n) is 4.02. The van der Waals surface area contributed by atoms with E-state index in [0.29, 0.717) is 16.1 Å². The minimum atomic E-state index is -0.291. The first-order chi connectivity index (χ1) is 9.58. The maximum Gasteiger partial charge on any atom is 0.285 e. The van der Waals surface area contributed by atoms with E-state index in [-0.39, 0.29) is 11.4 Å². The fourth-order valence-electron chi connectivity index (χ4n) is 2.96.